The summed E-state index contributed by atoms with van der Waals surface area (Å²) in [7, 11) is -3.67. The van der Waals surface area contributed by atoms with E-state index in [0.717, 1.165) is 5.69 Å². The van der Waals surface area contributed by atoms with Gasteiger partial charge in [-0.25, -0.2) is 17.8 Å². The Kier molecular flexibility index (Phi) is 4.96. The maximum absolute atomic E-state index is 13.0. The Bertz CT molecular complexity index is 838. The minimum absolute atomic E-state index is 0.0205. The van der Waals surface area contributed by atoms with E-state index < -0.39 is 10.0 Å². The molecule has 128 valence electrons. The molecule has 1 aliphatic rings. The Morgan fingerprint density at radius 2 is 1.67 bits per heavy atom. The third-order valence-corrected chi connectivity index (χ3v) is 6.39. The summed E-state index contributed by atoms with van der Waals surface area (Å²) in [5.74, 6) is -0.299. The number of hydrogen-bond donors (Lipinski definition) is 0. The summed E-state index contributed by atoms with van der Waals surface area (Å²) in [4.78, 5) is 5.83. The second-order valence-corrected chi connectivity index (χ2v) is 8.01. The van der Waals surface area contributed by atoms with Gasteiger partial charge in [0.2, 0.25) is 10.0 Å². The van der Waals surface area contributed by atoms with Crippen LogP contribution in [-0.2, 0) is 10.0 Å². The molecule has 0 saturated carbocycles. The maximum atomic E-state index is 13.0. The average Bonchev–Trinajstić information content (AvgIpc) is 2.58. The Hall–Kier alpha value is -1.41. The van der Waals surface area contributed by atoms with Crippen molar-refractivity contribution in [2.75, 3.05) is 31.1 Å². The van der Waals surface area contributed by atoms with Gasteiger partial charge in [-0.2, -0.15) is 4.31 Å². The number of aromatic nitrogens is 1. The summed E-state index contributed by atoms with van der Waals surface area (Å²) in [6, 6.07) is 7.45. The second kappa shape index (κ2) is 6.84. The molecular formula is C15H14Cl2FN3O2S. The van der Waals surface area contributed by atoms with Gasteiger partial charge in [0.25, 0.3) is 0 Å². The van der Waals surface area contributed by atoms with E-state index in [2.05, 4.69) is 4.98 Å². The zero-order chi connectivity index (χ0) is 17.3. The molecule has 0 unspecified atom stereocenters. The van der Waals surface area contributed by atoms with Gasteiger partial charge >= 0.3 is 0 Å². The third kappa shape index (κ3) is 3.49. The van der Waals surface area contributed by atoms with E-state index in [1.165, 1.54) is 28.7 Å². The highest BCUT2D eigenvalue weighted by atomic mass is 35.5. The number of anilines is 1. The molecule has 1 aromatic carbocycles. The predicted molar refractivity (Wildman–Crippen MR) is 91.6 cm³/mol. The van der Waals surface area contributed by atoms with Gasteiger partial charge in [0.05, 0.1) is 5.02 Å². The van der Waals surface area contributed by atoms with Crippen LogP contribution in [0, 0.1) is 5.82 Å². The molecule has 1 aromatic heterocycles. The van der Waals surface area contributed by atoms with Crippen molar-refractivity contribution < 1.29 is 12.8 Å². The number of nitrogens with zero attached hydrogens (tertiary/aromatic N) is 3. The van der Waals surface area contributed by atoms with Crippen LogP contribution in [0.25, 0.3) is 0 Å². The minimum atomic E-state index is -3.67. The molecule has 9 heteroatoms. The highest BCUT2D eigenvalue weighted by Crippen LogP contribution is 2.25. The molecule has 2 aromatic rings. The third-order valence-electron chi connectivity index (χ3n) is 3.84. The van der Waals surface area contributed by atoms with Gasteiger partial charge in [-0.3, -0.25) is 0 Å². The largest absolute Gasteiger partial charge is 0.369 e. The number of pyridine rings is 1. The van der Waals surface area contributed by atoms with Crippen LogP contribution < -0.4 is 4.90 Å². The van der Waals surface area contributed by atoms with E-state index in [-0.39, 0.29) is 20.9 Å². The number of piperazine rings is 1. The first-order valence-corrected chi connectivity index (χ1v) is 9.39. The molecule has 1 saturated heterocycles. The lowest BCUT2D eigenvalue weighted by Gasteiger charge is -2.35. The molecule has 5 nitrogen and oxygen atoms in total. The van der Waals surface area contributed by atoms with E-state index in [1.807, 2.05) is 4.90 Å². The van der Waals surface area contributed by atoms with Crippen molar-refractivity contribution in [1.82, 2.24) is 9.29 Å². The molecule has 2 heterocycles. The van der Waals surface area contributed by atoms with Gasteiger partial charge in [0.15, 0.2) is 0 Å². The average molecular weight is 390 g/mol. The van der Waals surface area contributed by atoms with Gasteiger partial charge in [-0.15, -0.1) is 0 Å². The molecule has 3 rings (SSSR count). The Morgan fingerprint density at radius 1 is 1.04 bits per heavy atom. The number of rotatable bonds is 3. The van der Waals surface area contributed by atoms with Crippen molar-refractivity contribution in [3.63, 3.8) is 0 Å². The lowest BCUT2D eigenvalue weighted by Crippen LogP contribution is -2.48. The van der Waals surface area contributed by atoms with E-state index in [1.54, 1.807) is 12.1 Å². The van der Waals surface area contributed by atoms with Crippen molar-refractivity contribution in [2.45, 2.75) is 4.90 Å². The van der Waals surface area contributed by atoms with Crippen molar-refractivity contribution in [2.24, 2.45) is 0 Å². The predicted octanol–water partition coefficient (Wildman–Crippen LogP) is 3.04. The zero-order valence-electron chi connectivity index (χ0n) is 12.5. The van der Waals surface area contributed by atoms with Gasteiger partial charge < -0.3 is 4.90 Å². The fourth-order valence-corrected chi connectivity index (χ4v) is 4.26. The molecule has 0 atom stereocenters. The summed E-state index contributed by atoms with van der Waals surface area (Å²) in [5.41, 5.74) is 0.865. The van der Waals surface area contributed by atoms with Gasteiger partial charge in [0, 0.05) is 38.1 Å². The highest BCUT2D eigenvalue weighted by Gasteiger charge is 2.29. The van der Waals surface area contributed by atoms with Crippen LogP contribution in [0.15, 0.2) is 41.4 Å². The van der Waals surface area contributed by atoms with Crippen LogP contribution in [0.4, 0.5) is 10.1 Å². The first-order chi connectivity index (χ1) is 11.4. The first-order valence-electron chi connectivity index (χ1n) is 7.19. The minimum Gasteiger partial charge on any atom is -0.369 e. The van der Waals surface area contributed by atoms with Crippen molar-refractivity contribution >= 4 is 38.9 Å². The second-order valence-electron chi connectivity index (χ2n) is 5.31. The first kappa shape index (κ1) is 17.4. The summed E-state index contributed by atoms with van der Waals surface area (Å²) in [6.45, 7) is 1.67. The van der Waals surface area contributed by atoms with Crippen molar-refractivity contribution in [3.8, 4) is 0 Å². The molecule has 0 N–H and O–H groups in total. The van der Waals surface area contributed by atoms with Crippen molar-refractivity contribution in [3.05, 3.63) is 52.5 Å². The molecule has 1 aliphatic heterocycles. The topological polar surface area (TPSA) is 53.5 Å². The molecule has 0 spiro atoms. The standard InChI is InChI=1S/C15H14Cl2FN3O2S/c16-14-9-13(10-19-15(14)17)24(22,23)21-7-5-20(6-8-21)12-3-1-11(18)2-4-12/h1-4,9-10H,5-8H2. The summed E-state index contributed by atoms with van der Waals surface area (Å²) in [6.07, 6.45) is 1.20. The molecule has 1 fully saturated rings. The highest BCUT2D eigenvalue weighted by molar-refractivity contribution is 7.89. The van der Waals surface area contributed by atoms with Crippen LogP contribution >= 0.6 is 23.2 Å². The lowest BCUT2D eigenvalue weighted by molar-refractivity contribution is 0.384. The molecule has 0 bridgehead atoms. The number of halogens is 3. The van der Waals surface area contributed by atoms with Gasteiger partial charge in [-0.05, 0) is 30.3 Å². The van der Waals surface area contributed by atoms with Crippen LogP contribution in [0.2, 0.25) is 10.2 Å². The quantitative estimate of drug-likeness (QED) is 0.757. The summed E-state index contributed by atoms with van der Waals surface area (Å²) < 4.78 is 39.7. The molecule has 0 amide bonds. The van der Waals surface area contributed by atoms with E-state index in [0.29, 0.717) is 26.2 Å². The Morgan fingerprint density at radius 3 is 2.25 bits per heavy atom. The normalized spacial score (nSPS) is 16.4. The van der Waals surface area contributed by atoms with Crippen LogP contribution in [-0.4, -0.2) is 43.9 Å². The van der Waals surface area contributed by atoms with E-state index in [9.17, 15) is 12.8 Å². The van der Waals surface area contributed by atoms with Crippen LogP contribution in [0.5, 0.6) is 0 Å². The van der Waals surface area contributed by atoms with Crippen LogP contribution in [0.1, 0.15) is 0 Å². The Labute approximate surface area is 149 Å². The maximum Gasteiger partial charge on any atom is 0.244 e. The number of sulfonamides is 1. The van der Waals surface area contributed by atoms with Crippen LogP contribution in [0.3, 0.4) is 0 Å². The summed E-state index contributed by atoms with van der Waals surface area (Å²) in [5, 5.41) is 0.166. The lowest BCUT2D eigenvalue weighted by atomic mass is 10.2. The Balaban J connectivity index is 1.73. The smallest absolute Gasteiger partial charge is 0.244 e. The zero-order valence-corrected chi connectivity index (χ0v) is 14.8. The van der Waals surface area contributed by atoms with Gasteiger partial charge in [-0.1, -0.05) is 23.2 Å². The van der Waals surface area contributed by atoms with E-state index in [4.69, 9.17) is 23.2 Å². The number of benzene rings is 1. The fraction of sp³-hybridized carbons (Fsp3) is 0.267. The number of hydrogen-bond acceptors (Lipinski definition) is 4. The molecule has 24 heavy (non-hydrogen) atoms. The molecular weight excluding hydrogens is 376 g/mol. The monoisotopic (exact) mass is 389 g/mol. The molecule has 0 radical (unpaired) electrons. The van der Waals surface area contributed by atoms with Crippen molar-refractivity contribution in [1.29, 1.82) is 0 Å². The summed E-state index contributed by atoms with van der Waals surface area (Å²) >= 11 is 11.6. The van der Waals surface area contributed by atoms with E-state index >= 15 is 0 Å². The SMILES string of the molecule is O=S(=O)(c1cnc(Cl)c(Cl)c1)N1CCN(c2ccc(F)cc2)CC1. The molecule has 0 aliphatic carbocycles. The van der Waals surface area contributed by atoms with Gasteiger partial charge in [0.1, 0.15) is 15.9 Å². The fourth-order valence-electron chi connectivity index (χ4n) is 2.53.